The van der Waals surface area contributed by atoms with Crippen LogP contribution in [-0.4, -0.2) is 10.9 Å². The van der Waals surface area contributed by atoms with Crippen LogP contribution in [0, 0.1) is 18.7 Å². The van der Waals surface area contributed by atoms with Crippen LogP contribution < -0.4 is 16.8 Å². The van der Waals surface area contributed by atoms with E-state index in [2.05, 4.69) is 19.2 Å². The zero-order valence-corrected chi connectivity index (χ0v) is 18.2. The number of aromatic nitrogens is 1. The SMILES string of the molecule is Cc1nc(CC(C)C)c(CN)c(-c2ccc(CN)cc2)c1NC(=O)c1ccccc1F. The van der Waals surface area contributed by atoms with E-state index in [9.17, 15) is 9.18 Å². The Morgan fingerprint density at radius 2 is 1.74 bits per heavy atom. The maximum Gasteiger partial charge on any atom is 0.258 e. The summed E-state index contributed by atoms with van der Waals surface area (Å²) < 4.78 is 14.2. The van der Waals surface area contributed by atoms with Crippen LogP contribution in [0.2, 0.25) is 0 Å². The molecule has 0 aliphatic heterocycles. The van der Waals surface area contributed by atoms with Crippen molar-refractivity contribution >= 4 is 11.6 Å². The normalized spacial score (nSPS) is 11.1. The van der Waals surface area contributed by atoms with Gasteiger partial charge in [0.2, 0.25) is 0 Å². The second-order valence-electron chi connectivity index (χ2n) is 8.01. The van der Waals surface area contributed by atoms with Gasteiger partial charge in [0.15, 0.2) is 0 Å². The third-order valence-electron chi connectivity index (χ3n) is 5.21. The third-order valence-corrected chi connectivity index (χ3v) is 5.21. The topological polar surface area (TPSA) is 94.0 Å². The molecule has 0 saturated carbocycles. The van der Waals surface area contributed by atoms with Gasteiger partial charge in [-0.25, -0.2) is 4.39 Å². The summed E-state index contributed by atoms with van der Waals surface area (Å²) in [6.07, 6.45) is 0.767. The lowest BCUT2D eigenvalue weighted by molar-refractivity contribution is 0.102. The van der Waals surface area contributed by atoms with Gasteiger partial charge >= 0.3 is 0 Å². The molecule has 2 aromatic carbocycles. The molecule has 3 rings (SSSR count). The number of aryl methyl sites for hydroxylation is 1. The van der Waals surface area contributed by atoms with Crippen molar-refractivity contribution in [2.24, 2.45) is 17.4 Å². The number of halogens is 1. The summed E-state index contributed by atoms with van der Waals surface area (Å²) in [6.45, 7) is 6.81. The summed E-state index contributed by atoms with van der Waals surface area (Å²) in [4.78, 5) is 17.7. The Morgan fingerprint density at radius 3 is 2.32 bits per heavy atom. The van der Waals surface area contributed by atoms with Gasteiger partial charge in [0.25, 0.3) is 5.91 Å². The molecule has 0 bridgehead atoms. The predicted molar refractivity (Wildman–Crippen MR) is 123 cm³/mol. The molecule has 1 aromatic heterocycles. The lowest BCUT2D eigenvalue weighted by atomic mass is 9.92. The van der Waals surface area contributed by atoms with Crippen molar-refractivity contribution in [2.45, 2.75) is 40.3 Å². The maximum absolute atomic E-state index is 14.2. The number of hydrogen-bond donors (Lipinski definition) is 3. The highest BCUT2D eigenvalue weighted by atomic mass is 19.1. The first-order chi connectivity index (χ1) is 14.8. The number of rotatable bonds is 7. The summed E-state index contributed by atoms with van der Waals surface area (Å²) in [5.74, 6) is -0.708. The van der Waals surface area contributed by atoms with Crippen LogP contribution >= 0.6 is 0 Å². The molecule has 0 aliphatic rings. The minimum absolute atomic E-state index is 0.0214. The zero-order chi connectivity index (χ0) is 22.5. The highest BCUT2D eigenvalue weighted by Crippen LogP contribution is 2.36. The van der Waals surface area contributed by atoms with Crippen LogP contribution in [0.4, 0.5) is 10.1 Å². The van der Waals surface area contributed by atoms with Crippen molar-refractivity contribution in [3.05, 3.63) is 82.4 Å². The number of pyridine rings is 1. The molecule has 5 nitrogen and oxygen atoms in total. The van der Waals surface area contributed by atoms with Crippen LogP contribution in [0.25, 0.3) is 11.1 Å². The number of benzene rings is 2. The lowest BCUT2D eigenvalue weighted by Gasteiger charge is -2.21. The fourth-order valence-electron chi connectivity index (χ4n) is 3.68. The Bertz CT molecular complexity index is 1080. The number of amides is 1. The van der Waals surface area contributed by atoms with Crippen molar-refractivity contribution < 1.29 is 9.18 Å². The Morgan fingerprint density at radius 1 is 1.06 bits per heavy atom. The molecule has 162 valence electrons. The number of nitrogens with one attached hydrogen (secondary N) is 1. The monoisotopic (exact) mass is 420 g/mol. The molecule has 0 fully saturated rings. The van der Waals surface area contributed by atoms with Gasteiger partial charge in [-0.1, -0.05) is 50.2 Å². The van der Waals surface area contributed by atoms with Crippen LogP contribution in [0.5, 0.6) is 0 Å². The van der Waals surface area contributed by atoms with Crippen molar-refractivity contribution in [1.82, 2.24) is 4.98 Å². The van der Waals surface area contributed by atoms with E-state index in [1.54, 1.807) is 12.1 Å². The molecule has 0 aliphatic carbocycles. The second-order valence-corrected chi connectivity index (χ2v) is 8.01. The number of hydrogen-bond acceptors (Lipinski definition) is 4. The molecule has 31 heavy (non-hydrogen) atoms. The molecule has 0 spiro atoms. The first kappa shape index (κ1) is 22.6. The molecule has 5 N–H and O–H groups in total. The third kappa shape index (κ3) is 4.98. The molecule has 1 amide bonds. The van der Waals surface area contributed by atoms with Crippen LogP contribution in [0.1, 0.15) is 46.7 Å². The van der Waals surface area contributed by atoms with Crippen LogP contribution in [0.15, 0.2) is 48.5 Å². The van der Waals surface area contributed by atoms with E-state index in [-0.39, 0.29) is 12.1 Å². The van der Waals surface area contributed by atoms with Gasteiger partial charge in [-0.2, -0.15) is 0 Å². The maximum atomic E-state index is 14.2. The van der Waals surface area contributed by atoms with Crippen molar-refractivity contribution in [3.8, 4) is 11.1 Å². The summed E-state index contributed by atoms with van der Waals surface area (Å²) in [5, 5.41) is 2.90. The largest absolute Gasteiger partial charge is 0.326 e. The molecular formula is C25H29FN4O. The summed E-state index contributed by atoms with van der Waals surface area (Å²) in [6, 6.07) is 13.8. The minimum atomic E-state index is -0.574. The van der Waals surface area contributed by atoms with Gasteiger partial charge in [0, 0.05) is 24.3 Å². The van der Waals surface area contributed by atoms with E-state index in [1.165, 1.54) is 12.1 Å². The molecule has 0 unspecified atom stereocenters. The van der Waals surface area contributed by atoms with Gasteiger partial charge in [0.05, 0.1) is 16.9 Å². The fourth-order valence-corrected chi connectivity index (χ4v) is 3.68. The quantitative estimate of drug-likeness (QED) is 0.522. The van der Waals surface area contributed by atoms with E-state index in [0.717, 1.165) is 34.4 Å². The van der Waals surface area contributed by atoms with Gasteiger partial charge in [-0.15, -0.1) is 0 Å². The van der Waals surface area contributed by atoms with E-state index >= 15 is 0 Å². The van der Waals surface area contributed by atoms with Crippen molar-refractivity contribution in [1.29, 1.82) is 0 Å². The second kappa shape index (κ2) is 9.81. The van der Waals surface area contributed by atoms with E-state index in [0.29, 0.717) is 23.8 Å². The number of nitrogens with two attached hydrogens (primary N) is 2. The average molecular weight is 421 g/mol. The zero-order valence-electron chi connectivity index (χ0n) is 18.2. The number of carbonyl (C=O) groups is 1. The Balaban J connectivity index is 2.18. The minimum Gasteiger partial charge on any atom is -0.326 e. The first-order valence-corrected chi connectivity index (χ1v) is 10.4. The molecule has 0 radical (unpaired) electrons. The van der Waals surface area contributed by atoms with E-state index in [1.807, 2.05) is 31.2 Å². The number of carbonyl (C=O) groups excluding carboxylic acids is 1. The molecule has 0 saturated heterocycles. The van der Waals surface area contributed by atoms with E-state index in [4.69, 9.17) is 16.5 Å². The predicted octanol–water partition coefficient (Wildman–Crippen LogP) is 4.56. The Labute approximate surface area is 182 Å². The van der Waals surface area contributed by atoms with Gasteiger partial charge in [0.1, 0.15) is 5.82 Å². The molecule has 6 heteroatoms. The van der Waals surface area contributed by atoms with Gasteiger partial charge in [-0.3, -0.25) is 9.78 Å². The van der Waals surface area contributed by atoms with Crippen LogP contribution in [0.3, 0.4) is 0 Å². The average Bonchev–Trinajstić information content (AvgIpc) is 2.75. The Hall–Kier alpha value is -3.09. The van der Waals surface area contributed by atoms with Gasteiger partial charge in [-0.05, 0) is 48.1 Å². The molecule has 3 aromatic rings. The number of anilines is 1. The first-order valence-electron chi connectivity index (χ1n) is 10.4. The highest BCUT2D eigenvalue weighted by molar-refractivity contribution is 6.07. The molecule has 0 atom stereocenters. The van der Waals surface area contributed by atoms with Gasteiger partial charge < -0.3 is 16.8 Å². The summed E-state index contributed by atoms with van der Waals surface area (Å²) in [5.41, 5.74) is 17.6. The van der Waals surface area contributed by atoms with Crippen LogP contribution in [-0.2, 0) is 19.5 Å². The standard InChI is InChI=1S/C25H29FN4O/c1-15(2)12-22-20(14-28)23(18-10-8-17(13-27)9-11-18)24(16(3)29-22)30-25(31)19-6-4-5-7-21(19)26/h4-11,15H,12-14,27-28H2,1-3H3,(H,30,31). The van der Waals surface area contributed by atoms with Crippen molar-refractivity contribution in [2.75, 3.05) is 5.32 Å². The summed E-state index contributed by atoms with van der Waals surface area (Å²) in [7, 11) is 0. The molecule has 1 heterocycles. The highest BCUT2D eigenvalue weighted by Gasteiger charge is 2.22. The number of nitrogens with zero attached hydrogens (tertiary/aromatic N) is 1. The van der Waals surface area contributed by atoms with Crippen molar-refractivity contribution in [3.63, 3.8) is 0 Å². The summed E-state index contributed by atoms with van der Waals surface area (Å²) >= 11 is 0. The smallest absolute Gasteiger partial charge is 0.258 e. The molecular weight excluding hydrogens is 391 g/mol. The fraction of sp³-hybridized carbons (Fsp3) is 0.280. The lowest BCUT2D eigenvalue weighted by Crippen LogP contribution is -2.18. The van der Waals surface area contributed by atoms with E-state index < -0.39 is 11.7 Å². The Kier molecular flexibility index (Phi) is 7.15.